The van der Waals surface area contributed by atoms with Gasteiger partial charge in [-0.2, -0.15) is 0 Å². The fraction of sp³-hybridized carbons (Fsp3) is 0.560. The average Bonchev–Trinajstić information content (AvgIpc) is 2.66. The summed E-state index contributed by atoms with van der Waals surface area (Å²) in [6.07, 6.45) is 12.4. The Bertz CT molecular complexity index is 509. The van der Waals surface area contributed by atoms with Crippen LogP contribution >= 0.6 is 0 Å². The van der Waals surface area contributed by atoms with E-state index in [2.05, 4.69) is 51.1 Å². The molecule has 0 heterocycles. The molecule has 148 valence electrons. The maximum atomic E-state index is 6.39. The van der Waals surface area contributed by atoms with Crippen molar-refractivity contribution < 1.29 is 0 Å². The van der Waals surface area contributed by atoms with Crippen LogP contribution in [0.4, 0.5) is 0 Å². The van der Waals surface area contributed by atoms with E-state index in [0.29, 0.717) is 5.92 Å². The minimum absolute atomic E-state index is 0.663. The van der Waals surface area contributed by atoms with Crippen molar-refractivity contribution in [1.82, 2.24) is 0 Å². The summed E-state index contributed by atoms with van der Waals surface area (Å²) in [5, 5.41) is 6.39. The van der Waals surface area contributed by atoms with Crippen LogP contribution in [0.5, 0.6) is 0 Å². The predicted molar refractivity (Wildman–Crippen MR) is 122 cm³/mol. The van der Waals surface area contributed by atoms with Crippen LogP contribution in [0.15, 0.2) is 48.1 Å². The lowest BCUT2D eigenvalue weighted by Crippen LogP contribution is -2.03. The monoisotopic (exact) mass is 357 g/mol. The summed E-state index contributed by atoms with van der Waals surface area (Å²) in [6.45, 7) is 16.7. The zero-order chi connectivity index (χ0) is 20.4. The van der Waals surface area contributed by atoms with Gasteiger partial charge in [-0.05, 0) is 62.7 Å². The molecule has 1 heteroatoms. The summed E-state index contributed by atoms with van der Waals surface area (Å²) in [5.74, 6) is 1.41. The SMILES string of the molecule is C/C=C\C=N.CC.CC.CC1=CC(c2cccc(CC(C)C)c2)CCC1. The summed E-state index contributed by atoms with van der Waals surface area (Å²) in [4.78, 5) is 0. The summed E-state index contributed by atoms with van der Waals surface area (Å²) >= 11 is 0. The smallest absolute Gasteiger partial charge is 0.0174 e. The molecule has 1 unspecified atom stereocenters. The molecule has 0 saturated carbocycles. The van der Waals surface area contributed by atoms with Gasteiger partial charge < -0.3 is 5.41 Å². The molecular weight excluding hydrogens is 314 g/mol. The standard InChI is InChI=1S/C17H24.C4H7N.2C2H6/c1-13(2)10-15-7-5-9-17(12-15)16-8-4-6-14(3)11-16;1-2-3-4-5;2*1-2/h5,7,9,11-13,16H,4,6,8,10H2,1-3H3;2-5H,1H3;2*1-2H3/b;3-2-,5-4?;;. The predicted octanol–water partition coefficient (Wildman–Crippen LogP) is 8.36. The maximum Gasteiger partial charge on any atom is 0.0174 e. The van der Waals surface area contributed by atoms with E-state index in [1.165, 1.54) is 43.0 Å². The normalized spacial score (nSPS) is 15.6. The second-order valence-electron chi connectivity index (χ2n) is 6.55. The molecular formula is C25H43N. The first-order chi connectivity index (χ1) is 12.6. The van der Waals surface area contributed by atoms with Gasteiger partial charge in [0.25, 0.3) is 0 Å². The van der Waals surface area contributed by atoms with Crippen molar-refractivity contribution in [2.24, 2.45) is 5.92 Å². The van der Waals surface area contributed by atoms with E-state index < -0.39 is 0 Å². The molecule has 1 atom stereocenters. The zero-order valence-electron chi connectivity index (χ0n) is 18.6. The zero-order valence-corrected chi connectivity index (χ0v) is 18.6. The molecule has 0 aromatic heterocycles. The van der Waals surface area contributed by atoms with Crippen LogP contribution in [0, 0.1) is 11.3 Å². The van der Waals surface area contributed by atoms with Crippen molar-refractivity contribution >= 4 is 6.21 Å². The highest BCUT2D eigenvalue weighted by Gasteiger charge is 2.13. The Morgan fingerprint density at radius 2 is 1.81 bits per heavy atom. The lowest BCUT2D eigenvalue weighted by Gasteiger charge is -2.20. The Hall–Kier alpha value is -1.63. The molecule has 26 heavy (non-hydrogen) atoms. The molecule has 0 saturated heterocycles. The van der Waals surface area contributed by atoms with E-state index in [9.17, 15) is 0 Å². The Labute approximate surface area is 164 Å². The van der Waals surface area contributed by atoms with Crippen molar-refractivity contribution in [1.29, 1.82) is 5.41 Å². The van der Waals surface area contributed by atoms with Crippen LogP contribution in [-0.2, 0) is 6.42 Å². The fourth-order valence-electron chi connectivity index (χ4n) is 2.89. The lowest BCUT2D eigenvalue weighted by atomic mass is 9.85. The highest BCUT2D eigenvalue weighted by Crippen LogP contribution is 2.31. The third-order valence-electron chi connectivity index (χ3n) is 3.88. The lowest BCUT2D eigenvalue weighted by molar-refractivity contribution is 0.627. The Kier molecular flexibility index (Phi) is 18.6. The molecule has 0 radical (unpaired) electrons. The van der Waals surface area contributed by atoms with Gasteiger partial charge in [-0.15, -0.1) is 0 Å². The molecule has 0 amide bonds. The van der Waals surface area contributed by atoms with Gasteiger partial charge in [-0.3, -0.25) is 0 Å². The van der Waals surface area contributed by atoms with Crippen molar-refractivity contribution in [3.8, 4) is 0 Å². The quantitative estimate of drug-likeness (QED) is 0.413. The van der Waals surface area contributed by atoms with E-state index in [-0.39, 0.29) is 0 Å². The van der Waals surface area contributed by atoms with E-state index in [1.807, 2.05) is 40.7 Å². The topological polar surface area (TPSA) is 23.9 Å². The number of nitrogens with one attached hydrogen (secondary N) is 1. The van der Waals surface area contributed by atoms with E-state index in [0.717, 1.165) is 5.92 Å². The van der Waals surface area contributed by atoms with Crippen LogP contribution in [0.25, 0.3) is 0 Å². The van der Waals surface area contributed by atoms with Gasteiger partial charge in [0.15, 0.2) is 0 Å². The summed E-state index contributed by atoms with van der Waals surface area (Å²) < 4.78 is 0. The van der Waals surface area contributed by atoms with Gasteiger partial charge in [-0.25, -0.2) is 0 Å². The Morgan fingerprint density at radius 3 is 2.27 bits per heavy atom. The Balaban J connectivity index is 0. The van der Waals surface area contributed by atoms with E-state index >= 15 is 0 Å². The van der Waals surface area contributed by atoms with Crippen molar-refractivity contribution in [3.63, 3.8) is 0 Å². The van der Waals surface area contributed by atoms with Gasteiger partial charge in [-0.1, -0.05) is 83.5 Å². The van der Waals surface area contributed by atoms with Gasteiger partial charge >= 0.3 is 0 Å². The van der Waals surface area contributed by atoms with E-state index in [4.69, 9.17) is 5.41 Å². The molecule has 1 aliphatic rings. The fourth-order valence-corrected chi connectivity index (χ4v) is 2.89. The minimum Gasteiger partial charge on any atom is -0.309 e. The van der Waals surface area contributed by atoms with Gasteiger partial charge in [0.1, 0.15) is 0 Å². The second-order valence-corrected chi connectivity index (χ2v) is 6.55. The molecule has 1 aromatic rings. The third kappa shape index (κ3) is 12.7. The maximum absolute atomic E-state index is 6.39. The second kappa shape index (κ2) is 18.2. The molecule has 2 rings (SSSR count). The van der Waals surface area contributed by atoms with Gasteiger partial charge in [0.05, 0.1) is 0 Å². The molecule has 0 fully saturated rings. The number of hydrogen-bond acceptors (Lipinski definition) is 1. The number of rotatable bonds is 4. The molecule has 1 aliphatic carbocycles. The van der Waals surface area contributed by atoms with Crippen molar-refractivity contribution in [2.75, 3.05) is 0 Å². The highest BCUT2D eigenvalue weighted by atomic mass is 14.3. The summed E-state index contributed by atoms with van der Waals surface area (Å²) in [6, 6.07) is 9.21. The molecule has 0 aliphatic heterocycles. The van der Waals surface area contributed by atoms with Crippen molar-refractivity contribution in [2.45, 2.75) is 87.0 Å². The first-order valence-corrected chi connectivity index (χ1v) is 10.4. The highest BCUT2D eigenvalue weighted by molar-refractivity contribution is 5.67. The molecule has 0 spiro atoms. The van der Waals surface area contributed by atoms with E-state index in [1.54, 1.807) is 11.6 Å². The number of benzene rings is 1. The van der Waals surface area contributed by atoms with Gasteiger partial charge in [0, 0.05) is 12.1 Å². The number of hydrogen-bond donors (Lipinski definition) is 1. The summed E-state index contributed by atoms with van der Waals surface area (Å²) in [7, 11) is 0. The number of allylic oxidation sites excluding steroid dienone is 4. The van der Waals surface area contributed by atoms with Crippen molar-refractivity contribution in [3.05, 3.63) is 59.2 Å². The van der Waals surface area contributed by atoms with Crippen LogP contribution in [0.2, 0.25) is 0 Å². The van der Waals surface area contributed by atoms with Crippen LogP contribution in [0.3, 0.4) is 0 Å². The molecule has 1 nitrogen and oxygen atoms in total. The Morgan fingerprint density at radius 1 is 1.15 bits per heavy atom. The van der Waals surface area contributed by atoms with Crippen LogP contribution in [0.1, 0.15) is 91.7 Å². The molecule has 1 N–H and O–H groups in total. The first-order valence-electron chi connectivity index (χ1n) is 10.4. The average molecular weight is 358 g/mol. The van der Waals surface area contributed by atoms with Crippen LogP contribution < -0.4 is 0 Å². The molecule has 1 aromatic carbocycles. The summed E-state index contributed by atoms with van der Waals surface area (Å²) in [5.41, 5.74) is 4.58. The van der Waals surface area contributed by atoms with Gasteiger partial charge in [0.2, 0.25) is 0 Å². The van der Waals surface area contributed by atoms with Crippen LogP contribution in [-0.4, -0.2) is 6.21 Å². The molecule has 0 bridgehead atoms. The third-order valence-corrected chi connectivity index (χ3v) is 3.88. The first kappa shape index (κ1) is 26.6. The largest absolute Gasteiger partial charge is 0.309 e. The minimum atomic E-state index is 0.663.